The maximum absolute atomic E-state index is 11.7. The van der Waals surface area contributed by atoms with Gasteiger partial charge in [-0.25, -0.2) is 0 Å². The number of hydrogen-bond acceptors (Lipinski definition) is 4. The Labute approximate surface area is 298 Å². The average molecular weight is 872 g/mol. The molecule has 0 atom stereocenters. The second kappa shape index (κ2) is 16.1. The molecule has 1 radical (unpaired) electrons. The molecule has 6 heteroatoms. The van der Waals surface area contributed by atoms with E-state index in [9.17, 15) is 9.90 Å². The van der Waals surface area contributed by atoms with Gasteiger partial charge in [0.25, 0.3) is 0 Å². The van der Waals surface area contributed by atoms with Crippen molar-refractivity contribution in [2.45, 2.75) is 96.8 Å². The monoisotopic (exact) mass is 873 g/mol. The van der Waals surface area contributed by atoms with Crippen molar-refractivity contribution in [3.05, 3.63) is 84.3 Å². The van der Waals surface area contributed by atoms with Gasteiger partial charge in [0.1, 0.15) is 0 Å². The number of nitrogens with zero attached hydrogens (tertiary/aromatic N) is 1. The molecule has 253 valence electrons. The summed E-state index contributed by atoms with van der Waals surface area (Å²) in [4.78, 5) is 16.5. The molecule has 2 aromatic heterocycles. The number of pyridine rings is 1. The first kappa shape index (κ1) is 38.7. The van der Waals surface area contributed by atoms with E-state index in [2.05, 4.69) is 98.7 Å². The minimum absolute atomic E-state index is 0. The van der Waals surface area contributed by atoms with E-state index in [0.717, 1.165) is 64.3 Å². The standard InChI is InChI=1S/C28H28GeNO.C13H24O2.Ir/c1-28(2,3)24-16-19(15-18-9-7-8-10-21(18)24)26-27-23(13-14-30-26)22-12-11-20(29(4,5)6)17-25(22)31-27;1-5-10(6-2)12(14)9-13(15)11(7-3)8-4;/h7-14,16-17H,1-6H3;9-11,14H,5-8H2,1-4H3;/q-1;;/b;12-9-;. The summed E-state index contributed by atoms with van der Waals surface area (Å²) in [5.74, 6) is 7.78. The Morgan fingerprint density at radius 1 is 0.894 bits per heavy atom. The van der Waals surface area contributed by atoms with Gasteiger partial charge in [-0.05, 0) is 25.7 Å². The molecule has 4 nitrogen and oxygen atoms in total. The fourth-order valence-electron chi connectivity index (χ4n) is 6.12. The van der Waals surface area contributed by atoms with Gasteiger partial charge in [-0.15, -0.1) is 0 Å². The van der Waals surface area contributed by atoms with E-state index < -0.39 is 13.3 Å². The Morgan fingerprint density at radius 2 is 1.53 bits per heavy atom. The maximum Gasteiger partial charge on any atom is 0.162 e. The molecule has 0 aliphatic rings. The zero-order chi connectivity index (χ0) is 33.8. The van der Waals surface area contributed by atoms with Gasteiger partial charge in [0.15, 0.2) is 5.78 Å². The molecule has 0 aliphatic carbocycles. The first-order valence-corrected chi connectivity index (χ1v) is 24.3. The van der Waals surface area contributed by atoms with E-state index in [1.54, 1.807) is 0 Å². The van der Waals surface area contributed by atoms with Crippen molar-refractivity contribution < 1.29 is 34.4 Å². The zero-order valence-corrected chi connectivity index (χ0v) is 34.4. The third kappa shape index (κ3) is 8.85. The smallest absolute Gasteiger partial charge is 0.162 e. The fourth-order valence-corrected chi connectivity index (χ4v) is 8.53. The molecule has 0 fully saturated rings. The third-order valence-electron chi connectivity index (χ3n) is 9.17. The van der Waals surface area contributed by atoms with Crippen LogP contribution in [-0.2, 0) is 30.3 Å². The van der Waals surface area contributed by atoms with Gasteiger partial charge in [-0.3, -0.25) is 4.79 Å². The summed E-state index contributed by atoms with van der Waals surface area (Å²) in [5, 5.41) is 14.4. The first-order valence-electron chi connectivity index (χ1n) is 16.9. The number of ketones is 1. The normalized spacial score (nSPS) is 12.5. The molecular weight excluding hydrogens is 819 g/mol. The predicted molar refractivity (Wildman–Crippen MR) is 199 cm³/mol. The zero-order valence-electron chi connectivity index (χ0n) is 29.9. The van der Waals surface area contributed by atoms with Crippen LogP contribution in [-0.4, -0.2) is 29.1 Å². The number of carbonyl (C=O) groups excluding carboxylic acids is 1. The Kier molecular flexibility index (Phi) is 13.3. The van der Waals surface area contributed by atoms with Crippen LogP contribution >= 0.6 is 0 Å². The van der Waals surface area contributed by atoms with Gasteiger partial charge in [-0.1, -0.05) is 27.7 Å². The van der Waals surface area contributed by atoms with Crippen LogP contribution in [0.3, 0.4) is 0 Å². The molecule has 47 heavy (non-hydrogen) atoms. The Morgan fingerprint density at radius 3 is 2.13 bits per heavy atom. The van der Waals surface area contributed by atoms with Crippen LogP contribution in [0.25, 0.3) is 44.0 Å². The fraction of sp³-hybridized carbons (Fsp3) is 0.415. The molecule has 0 unspecified atom stereocenters. The van der Waals surface area contributed by atoms with Crippen molar-refractivity contribution in [2.75, 3.05) is 0 Å². The van der Waals surface area contributed by atoms with Gasteiger partial charge in [0.2, 0.25) is 0 Å². The number of aliphatic hydroxyl groups excluding tert-OH is 1. The van der Waals surface area contributed by atoms with E-state index in [4.69, 9.17) is 9.40 Å². The van der Waals surface area contributed by atoms with Crippen LogP contribution in [0.1, 0.15) is 79.7 Å². The second-order valence-corrected chi connectivity index (χ2v) is 25.1. The molecule has 0 saturated heterocycles. The molecule has 3 aromatic carbocycles. The summed E-state index contributed by atoms with van der Waals surface area (Å²) in [7, 11) is 0. The molecular formula is C41H52GeIrNO3-. The first-order chi connectivity index (χ1) is 21.7. The summed E-state index contributed by atoms with van der Waals surface area (Å²) in [6.07, 6.45) is 6.80. The number of carbonyl (C=O) groups is 1. The van der Waals surface area contributed by atoms with Crippen LogP contribution < -0.4 is 4.40 Å². The number of aromatic nitrogens is 1. The van der Waals surface area contributed by atoms with Crippen LogP contribution in [0, 0.1) is 17.9 Å². The van der Waals surface area contributed by atoms with E-state index in [0.29, 0.717) is 0 Å². The van der Waals surface area contributed by atoms with Crippen molar-refractivity contribution in [3.8, 4) is 11.3 Å². The largest absolute Gasteiger partial charge is 0.512 e. The average Bonchev–Trinajstić information content (AvgIpc) is 3.39. The van der Waals surface area contributed by atoms with Crippen molar-refractivity contribution in [3.63, 3.8) is 0 Å². The van der Waals surface area contributed by atoms with Crippen molar-refractivity contribution in [1.29, 1.82) is 0 Å². The number of hydrogen-bond donors (Lipinski definition) is 1. The van der Waals surface area contributed by atoms with E-state index in [-0.39, 0.29) is 48.9 Å². The quantitative estimate of drug-likeness (QED) is 0.0694. The third-order valence-corrected chi connectivity index (χ3v) is 13.5. The summed E-state index contributed by atoms with van der Waals surface area (Å²) in [6.45, 7) is 14.8. The summed E-state index contributed by atoms with van der Waals surface area (Å²) >= 11 is -1.94. The van der Waals surface area contributed by atoms with Gasteiger partial charge < -0.3 is 5.11 Å². The predicted octanol–water partition coefficient (Wildman–Crippen LogP) is 11.3. The molecule has 2 heterocycles. The molecule has 5 rings (SSSR count). The molecule has 0 bridgehead atoms. The molecule has 0 amide bonds. The number of allylic oxidation sites excluding steroid dienone is 2. The van der Waals surface area contributed by atoms with Crippen LogP contribution in [0.5, 0.6) is 0 Å². The summed E-state index contributed by atoms with van der Waals surface area (Å²) in [6, 6.07) is 23.2. The SMILES string of the molecule is CC(C)(C)c1cc(-c2nccc3c2oc2c[c]([Ge]([CH3])([CH3])[CH3])ccc23)[c-]c2ccccc12.CCC(CC)C(=O)/C=C(\O)C(CC)CC.[Ir]. The van der Waals surface area contributed by atoms with Crippen LogP contribution in [0.2, 0.25) is 17.3 Å². The molecule has 1 N–H and O–H groups in total. The Bertz CT molecular complexity index is 1850. The number of aliphatic hydroxyl groups is 1. The van der Waals surface area contributed by atoms with Crippen LogP contribution in [0.4, 0.5) is 0 Å². The molecule has 0 spiro atoms. The molecule has 0 aliphatic heterocycles. The Hall–Kier alpha value is -2.73. The van der Waals surface area contributed by atoms with Gasteiger partial charge in [0.05, 0.1) is 5.76 Å². The number of benzene rings is 3. The van der Waals surface area contributed by atoms with Gasteiger partial charge in [-0.2, -0.15) is 0 Å². The van der Waals surface area contributed by atoms with E-state index in [1.807, 2.05) is 33.9 Å². The van der Waals surface area contributed by atoms with E-state index in [1.165, 1.54) is 21.4 Å². The summed E-state index contributed by atoms with van der Waals surface area (Å²) < 4.78 is 7.91. The Balaban J connectivity index is 0.000000322. The van der Waals surface area contributed by atoms with Crippen molar-refractivity contribution in [1.82, 2.24) is 4.98 Å². The maximum atomic E-state index is 11.7. The van der Waals surface area contributed by atoms with Gasteiger partial charge >= 0.3 is 187 Å². The van der Waals surface area contributed by atoms with Crippen LogP contribution in [0.15, 0.2) is 77.0 Å². The van der Waals surface area contributed by atoms with Crippen molar-refractivity contribution >= 4 is 56.2 Å². The topological polar surface area (TPSA) is 63.3 Å². The summed E-state index contributed by atoms with van der Waals surface area (Å²) in [5.41, 5.74) is 4.97. The number of rotatable bonds is 9. The minimum atomic E-state index is -1.94. The van der Waals surface area contributed by atoms with E-state index >= 15 is 0 Å². The molecule has 5 aromatic rings. The number of furan rings is 1. The van der Waals surface area contributed by atoms with Gasteiger partial charge in [0, 0.05) is 38.0 Å². The minimum Gasteiger partial charge on any atom is -0.512 e. The number of fused-ring (bicyclic) bond motifs is 4. The van der Waals surface area contributed by atoms with Crippen molar-refractivity contribution in [2.24, 2.45) is 11.8 Å². The second-order valence-electron chi connectivity index (χ2n) is 14.5. The molecule has 0 saturated carbocycles.